The van der Waals surface area contributed by atoms with Gasteiger partial charge in [0.2, 0.25) is 16.9 Å². The van der Waals surface area contributed by atoms with Gasteiger partial charge >= 0.3 is 0 Å². The lowest BCUT2D eigenvalue weighted by molar-refractivity contribution is -0.117. The highest BCUT2D eigenvalue weighted by Crippen LogP contribution is 2.30. The SMILES string of the molecule is CCc1nnc(NC(=O)Cn2nnc(-c3ccc(OC)c(OC)c3)n2)s1. The lowest BCUT2D eigenvalue weighted by Crippen LogP contribution is -2.20. The summed E-state index contributed by atoms with van der Waals surface area (Å²) in [4.78, 5) is 13.3. The maximum Gasteiger partial charge on any atom is 0.249 e. The van der Waals surface area contributed by atoms with Crippen LogP contribution in [0.4, 0.5) is 5.13 Å². The van der Waals surface area contributed by atoms with Gasteiger partial charge in [-0.05, 0) is 29.8 Å². The van der Waals surface area contributed by atoms with Crippen LogP contribution in [0.25, 0.3) is 11.4 Å². The average molecular weight is 375 g/mol. The maximum absolute atomic E-state index is 12.1. The van der Waals surface area contributed by atoms with E-state index in [1.807, 2.05) is 6.92 Å². The van der Waals surface area contributed by atoms with Crippen LogP contribution in [0, 0.1) is 0 Å². The minimum absolute atomic E-state index is 0.0820. The molecular formula is C15H17N7O3S. The van der Waals surface area contributed by atoms with Crippen LogP contribution in [0.15, 0.2) is 18.2 Å². The number of carbonyl (C=O) groups is 1. The number of ether oxygens (including phenoxy) is 2. The maximum atomic E-state index is 12.1. The van der Waals surface area contributed by atoms with Crippen LogP contribution in [0.2, 0.25) is 0 Å². The van der Waals surface area contributed by atoms with E-state index in [1.54, 1.807) is 32.4 Å². The molecule has 0 saturated heterocycles. The lowest BCUT2D eigenvalue weighted by atomic mass is 10.2. The van der Waals surface area contributed by atoms with Gasteiger partial charge in [0.1, 0.15) is 11.6 Å². The number of nitrogens with zero attached hydrogens (tertiary/aromatic N) is 6. The first-order chi connectivity index (χ1) is 12.6. The predicted octanol–water partition coefficient (Wildman–Crippen LogP) is 1.41. The minimum atomic E-state index is -0.305. The van der Waals surface area contributed by atoms with Crippen molar-refractivity contribution >= 4 is 22.4 Å². The summed E-state index contributed by atoms with van der Waals surface area (Å²) in [6.07, 6.45) is 0.771. The van der Waals surface area contributed by atoms with Crippen molar-refractivity contribution in [3.63, 3.8) is 0 Å². The fourth-order valence-corrected chi connectivity index (χ4v) is 2.83. The van der Waals surface area contributed by atoms with E-state index in [1.165, 1.54) is 16.1 Å². The number of methoxy groups -OCH3 is 2. The van der Waals surface area contributed by atoms with Gasteiger partial charge in [-0.2, -0.15) is 4.80 Å². The summed E-state index contributed by atoms with van der Waals surface area (Å²) in [5.74, 6) is 1.23. The van der Waals surface area contributed by atoms with Crippen LogP contribution >= 0.6 is 11.3 Å². The van der Waals surface area contributed by atoms with Crippen molar-refractivity contribution < 1.29 is 14.3 Å². The molecule has 2 aromatic heterocycles. The molecule has 136 valence electrons. The first-order valence-electron chi connectivity index (χ1n) is 7.75. The number of anilines is 1. The smallest absolute Gasteiger partial charge is 0.249 e. The van der Waals surface area contributed by atoms with E-state index in [-0.39, 0.29) is 12.5 Å². The number of aromatic nitrogens is 6. The number of hydrogen-bond acceptors (Lipinski definition) is 9. The van der Waals surface area contributed by atoms with E-state index in [0.29, 0.717) is 28.0 Å². The molecule has 0 fully saturated rings. The van der Waals surface area contributed by atoms with E-state index in [2.05, 4.69) is 30.9 Å². The van der Waals surface area contributed by atoms with Gasteiger partial charge in [0.25, 0.3) is 0 Å². The first-order valence-corrected chi connectivity index (χ1v) is 8.57. The molecule has 0 aliphatic carbocycles. The second-order valence-corrected chi connectivity index (χ2v) is 6.18. The number of rotatable bonds is 7. The summed E-state index contributed by atoms with van der Waals surface area (Å²) in [6.45, 7) is 1.89. The van der Waals surface area contributed by atoms with E-state index >= 15 is 0 Å². The zero-order chi connectivity index (χ0) is 18.5. The van der Waals surface area contributed by atoms with E-state index in [4.69, 9.17) is 9.47 Å². The number of hydrogen-bond donors (Lipinski definition) is 1. The zero-order valence-electron chi connectivity index (χ0n) is 14.5. The Labute approximate surface area is 153 Å². The number of nitrogens with one attached hydrogen (secondary N) is 1. The number of tetrazole rings is 1. The molecule has 10 nitrogen and oxygen atoms in total. The zero-order valence-corrected chi connectivity index (χ0v) is 15.3. The van der Waals surface area contributed by atoms with Gasteiger partial charge in [0.05, 0.1) is 14.2 Å². The van der Waals surface area contributed by atoms with Crippen molar-refractivity contribution in [2.75, 3.05) is 19.5 Å². The molecule has 2 heterocycles. The van der Waals surface area contributed by atoms with Crippen LogP contribution in [0.3, 0.4) is 0 Å². The molecule has 0 unspecified atom stereocenters. The van der Waals surface area contributed by atoms with Crippen molar-refractivity contribution in [2.24, 2.45) is 0 Å². The fraction of sp³-hybridized carbons (Fsp3) is 0.333. The number of carbonyl (C=O) groups excluding carboxylic acids is 1. The normalized spacial score (nSPS) is 10.6. The molecule has 0 atom stereocenters. The molecule has 0 radical (unpaired) electrons. The Morgan fingerprint density at radius 1 is 1.19 bits per heavy atom. The third-order valence-corrected chi connectivity index (χ3v) is 4.38. The van der Waals surface area contributed by atoms with Crippen molar-refractivity contribution in [2.45, 2.75) is 19.9 Å². The Bertz CT molecular complexity index is 908. The summed E-state index contributed by atoms with van der Waals surface area (Å²) in [5.41, 5.74) is 0.700. The minimum Gasteiger partial charge on any atom is -0.493 e. The van der Waals surface area contributed by atoms with Gasteiger partial charge in [-0.3, -0.25) is 10.1 Å². The predicted molar refractivity (Wildman–Crippen MR) is 94.3 cm³/mol. The second-order valence-electron chi connectivity index (χ2n) is 5.12. The fourth-order valence-electron chi connectivity index (χ4n) is 2.14. The third kappa shape index (κ3) is 3.94. The summed E-state index contributed by atoms with van der Waals surface area (Å²) in [7, 11) is 3.11. The topological polar surface area (TPSA) is 117 Å². The van der Waals surface area contributed by atoms with Crippen LogP contribution in [-0.2, 0) is 17.8 Å². The Morgan fingerprint density at radius 2 is 2.00 bits per heavy atom. The van der Waals surface area contributed by atoms with Crippen molar-refractivity contribution in [3.8, 4) is 22.9 Å². The Hall–Kier alpha value is -3.08. The molecule has 1 aromatic carbocycles. The molecule has 26 heavy (non-hydrogen) atoms. The molecule has 1 N–H and O–H groups in total. The highest BCUT2D eigenvalue weighted by Gasteiger charge is 2.13. The Kier molecular flexibility index (Phi) is 5.37. The number of amides is 1. The van der Waals surface area contributed by atoms with Crippen LogP contribution < -0.4 is 14.8 Å². The van der Waals surface area contributed by atoms with Gasteiger partial charge in [0.15, 0.2) is 11.5 Å². The van der Waals surface area contributed by atoms with Gasteiger partial charge in [0, 0.05) is 5.56 Å². The molecule has 0 bridgehead atoms. The Morgan fingerprint density at radius 3 is 2.69 bits per heavy atom. The highest BCUT2D eigenvalue weighted by atomic mass is 32.1. The molecule has 3 rings (SSSR count). The summed E-state index contributed by atoms with van der Waals surface area (Å²) in [5, 5.41) is 23.9. The van der Waals surface area contributed by atoms with Crippen molar-refractivity contribution in [3.05, 3.63) is 23.2 Å². The Balaban J connectivity index is 1.68. The third-order valence-electron chi connectivity index (χ3n) is 3.40. The molecule has 0 aliphatic rings. The quantitative estimate of drug-likeness (QED) is 0.659. The molecule has 0 saturated carbocycles. The van der Waals surface area contributed by atoms with Crippen molar-refractivity contribution in [1.82, 2.24) is 30.4 Å². The first kappa shape index (κ1) is 17.7. The lowest BCUT2D eigenvalue weighted by Gasteiger charge is -2.07. The molecule has 3 aromatic rings. The van der Waals surface area contributed by atoms with Crippen LogP contribution in [-0.4, -0.2) is 50.5 Å². The largest absolute Gasteiger partial charge is 0.493 e. The average Bonchev–Trinajstić information content (AvgIpc) is 3.30. The summed E-state index contributed by atoms with van der Waals surface area (Å²) in [6, 6.07) is 5.28. The van der Waals surface area contributed by atoms with E-state index in [9.17, 15) is 4.79 Å². The van der Waals surface area contributed by atoms with Crippen molar-refractivity contribution in [1.29, 1.82) is 0 Å². The molecule has 0 aliphatic heterocycles. The van der Waals surface area contributed by atoms with Gasteiger partial charge < -0.3 is 9.47 Å². The van der Waals surface area contributed by atoms with E-state index < -0.39 is 0 Å². The van der Waals surface area contributed by atoms with Gasteiger partial charge in [-0.25, -0.2) is 0 Å². The summed E-state index contributed by atoms with van der Waals surface area (Å²) < 4.78 is 10.5. The molecule has 11 heteroatoms. The van der Waals surface area contributed by atoms with Gasteiger partial charge in [-0.15, -0.1) is 20.4 Å². The monoisotopic (exact) mass is 375 g/mol. The highest BCUT2D eigenvalue weighted by molar-refractivity contribution is 7.15. The summed E-state index contributed by atoms with van der Waals surface area (Å²) >= 11 is 1.34. The number of aryl methyl sites for hydroxylation is 1. The van der Waals surface area contributed by atoms with E-state index in [0.717, 1.165) is 11.4 Å². The molecule has 0 spiro atoms. The molecular weight excluding hydrogens is 358 g/mol. The standard InChI is InChI=1S/C15H17N7O3S/c1-4-13-17-19-15(26-13)16-12(23)8-22-20-14(18-21-22)9-5-6-10(24-2)11(7-9)25-3/h5-7H,4,8H2,1-3H3,(H,16,19,23). The van der Waals surface area contributed by atoms with Gasteiger partial charge in [-0.1, -0.05) is 18.3 Å². The number of benzene rings is 1. The molecule has 1 amide bonds. The second kappa shape index (κ2) is 7.87. The van der Waals surface area contributed by atoms with Crippen LogP contribution in [0.1, 0.15) is 11.9 Å². The van der Waals surface area contributed by atoms with Crippen LogP contribution in [0.5, 0.6) is 11.5 Å².